The second-order valence-corrected chi connectivity index (χ2v) is 5.19. The van der Waals surface area contributed by atoms with Gasteiger partial charge in [-0.3, -0.25) is 4.79 Å². The molecule has 0 aliphatic carbocycles. The molecule has 0 unspecified atom stereocenters. The Kier molecular flexibility index (Phi) is 5.53. The van der Waals surface area contributed by atoms with Crippen molar-refractivity contribution < 1.29 is 9.18 Å². The fourth-order valence-electron chi connectivity index (χ4n) is 2.33. The Labute approximate surface area is 130 Å². The van der Waals surface area contributed by atoms with E-state index in [0.717, 1.165) is 12.1 Å². The molecule has 2 rings (SSSR count). The number of para-hydroxylation sites is 1. The molecule has 1 amide bonds. The first kappa shape index (κ1) is 16.0. The van der Waals surface area contributed by atoms with Gasteiger partial charge in [-0.15, -0.1) is 0 Å². The van der Waals surface area contributed by atoms with Gasteiger partial charge in [0.15, 0.2) is 0 Å². The molecule has 2 aromatic carbocycles. The van der Waals surface area contributed by atoms with Crippen molar-refractivity contribution in [1.29, 1.82) is 0 Å². The van der Waals surface area contributed by atoms with Gasteiger partial charge in [0.05, 0.1) is 0 Å². The molecule has 22 heavy (non-hydrogen) atoms. The molecule has 2 aromatic rings. The average Bonchev–Trinajstić information content (AvgIpc) is 2.51. The van der Waals surface area contributed by atoms with Crippen molar-refractivity contribution in [1.82, 2.24) is 0 Å². The van der Waals surface area contributed by atoms with Crippen LogP contribution in [0.1, 0.15) is 24.5 Å². The lowest BCUT2D eigenvalue weighted by Crippen LogP contribution is -2.17. The molecule has 0 saturated heterocycles. The summed E-state index contributed by atoms with van der Waals surface area (Å²) in [6.07, 6.45) is 1.31. The molecule has 0 bridgehead atoms. The van der Waals surface area contributed by atoms with E-state index in [-0.39, 0.29) is 11.7 Å². The third-order valence-corrected chi connectivity index (χ3v) is 3.52. The summed E-state index contributed by atoms with van der Waals surface area (Å²) in [6, 6.07) is 12.0. The van der Waals surface area contributed by atoms with Gasteiger partial charge in [-0.1, -0.05) is 25.1 Å². The summed E-state index contributed by atoms with van der Waals surface area (Å²) < 4.78 is 12.8. The first-order chi connectivity index (χ1) is 10.6. The van der Waals surface area contributed by atoms with Gasteiger partial charge >= 0.3 is 0 Å². The molecule has 0 heterocycles. The van der Waals surface area contributed by atoms with Crippen molar-refractivity contribution in [3.8, 4) is 0 Å². The highest BCUT2D eigenvalue weighted by Gasteiger charge is 2.06. The zero-order valence-electron chi connectivity index (χ0n) is 12.9. The summed E-state index contributed by atoms with van der Waals surface area (Å²) >= 11 is 0. The quantitative estimate of drug-likeness (QED) is 0.842. The molecule has 0 radical (unpaired) electrons. The molecule has 0 spiro atoms. The van der Waals surface area contributed by atoms with Crippen LogP contribution < -0.4 is 10.6 Å². The molecule has 4 heteroatoms. The highest BCUT2D eigenvalue weighted by Crippen LogP contribution is 2.20. The van der Waals surface area contributed by atoms with Crippen LogP contribution in [-0.2, 0) is 11.2 Å². The molecule has 3 nitrogen and oxygen atoms in total. The maximum absolute atomic E-state index is 12.8. The Balaban J connectivity index is 1.86. The van der Waals surface area contributed by atoms with Crippen molar-refractivity contribution in [2.45, 2.75) is 26.7 Å². The van der Waals surface area contributed by atoms with E-state index in [0.29, 0.717) is 18.7 Å². The van der Waals surface area contributed by atoms with E-state index < -0.39 is 0 Å². The van der Waals surface area contributed by atoms with E-state index in [1.54, 1.807) is 12.1 Å². The van der Waals surface area contributed by atoms with Gasteiger partial charge in [0.25, 0.3) is 0 Å². The minimum atomic E-state index is -0.314. The van der Waals surface area contributed by atoms with E-state index in [2.05, 4.69) is 36.6 Å². The maximum Gasteiger partial charge on any atom is 0.226 e. The van der Waals surface area contributed by atoms with E-state index >= 15 is 0 Å². The Morgan fingerprint density at radius 3 is 2.55 bits per heavy atom. The number of carbonyl (C=O) groups excluding carboxylic acids is 1. The van der Waals surface area contributed by atoms with Gasteiger partial charge in [0, 0.05) is 24.3 Å². The van der Waals surface area contributed by atoms with Crippen molar-refractivity contribution in [3.05, 3.63) is 59.4 Å². The predicted octanol–water partition coefficient (Wildman–Crippen LogP) is 4.14. The molecule has 116 valence electrons. The number of halogens is 1. The zero-order valence-corrected chi connectivity index (χ0v) is 12.9. The van der Waals surface area contributed by atoms with Crippen LogP contribution in [0.25, 0.3) is 0 Å². The normalized spacial score (nSPS) is 10.3. The molecule has 2 N–H and O–H groups in total. The molecule has 0 aliphatic heterocycles. The van der Waals surface area contributed by atoms with Crippen molar-refractivity contribution in [2.75, 3.05) is 17.2 Å². The Bertz CT molecular complexity index is 638. The topological polar surface area (TPSA) is 41.1 Å². The first-order valence-corrected chi connectivity index (χ1v) is 7.48. The summed E-state index contributed by atoms with van der Waals surface area (Å²) in [7, 11) is 0. The molecular weight excluding hydrogens is 279 g/mol. The first-order valence-electron chi connectivity index (χ1n) is 7.48. The summed E-state index contributed by atoms with van der Waals surface area (Å²) in [5.74, 6) is -0.406. The van der Waals surface area contributed by atoms with Crippen LogP contribution in [0, 0.1) is 12.7 Å². The monoisotopic (exact) mass is 300 g/mol. The minimum Gasteiger partial charge on any atom is -0.384 e. The summed E-state index contributed by atoms with van der Waals surface area (Å²) in [5, 5.41) is 6.09. The fraction of sp³-hybridized carbons (Fsp3) is 0.278. The number of aryl methyl sites for hydroxylation is 2. The summed E-state index contributed by atoms with van der Waals surface area (Å²) in [4.78, 5) is 11.9. The zero-order chi connectivity index (χ0) is 15.9. The van der Waals surface area contributed by atoms with Gasteiger partial charge in [-0.05, 0) is 48.7 Å². The largest absolute Gasteiger partial charge is 0.384 e. The lowest BCUT2D eigenvalue weighted by atomic mass is 10.1. The maximum atomic E-state index is 12.8. The number of hydrogen-bond acceptors (Lipinski definition) is 2. The van der Waals surface area contributed by atoms with Crippen LogP contribution in [0.15, 0.2) is 42.5 Å². The van der Waals surface area contributed by atoms with E-state index in [4.69, 9.17) is 0 Å². The average molecular weight is 300 g/mol. The lowest BCUT2D eigenvalue weighted by molar-refractivity contribution is -0.115. The number of benzene rings is 2. The second kappa shape index (κ2) is 7.59. The molecular formula is C18H21FN2O. The Morgan fingerprint density at radius 1 is 1.14 bits per heavy atom. The lowest BCUT2D eigenvalue weighted by Gasteiger charge is -2.14. The number of anilines is 2. The minimum absolute atomic E-state index is 0.0919. The SMILES string of the molecule is CCc1cccc(C)c1NCCC(=O)Nc1ccc(F)cc1. The molecule has 0 saturated carbocycles. The summed E-state index contributed by atoms with van der Waals surface area (Å²) in [6.45, 7) is 4.73. The van der Waals surface area contributed by atoms with Crippen LogP contribution in [0.2, 0.25) is 0 Å². The van der Waals surface area contributed by atoms with Crippen LogP contribution in [0.4, 0.5) is 15.8 Å². The van der Waals surface area contributed by atoms with Crippen LogP contribution in [0.5, 0.6) is 0 Å². The van der Waals surface area contributed by atoms with Gasteiger partial charge in [-0.2, -0.15) is 0 Å². The number of rotatable bonds is 6. The number of carbonyl (C=O) groups is 1. The number of hydrogen-bond donors (Lipinski definition) is 2. The predicted molar refractivity (Wildman–Crippen MR) is 88.7 cm³/mol. The van der Waals surface area contributed by atoms with Gasteiger partial charge < -0.3 is 10.6 Å². The van der Waals surface area contributed by atoms with Crippen LogP contribution in [-0.4, -0.2) is 12.5 Å². The third kappa shape index (κ3) is 4.32. The van der Waals surface area contributed by atoms with Crippen molar-refractivity contribution in [3.63, 3.8) is 0 Å². The molecule has 0 aliphatic rings. The third-order valence-electron chi connectivity index (χ3n) is 3.52. The standard InChI is InChI=1S/C18H21FN2O/c1-3-14-6-4-5-13(2)18(14)20-12-11-17(22)21-16-9-7-15(19)8-10-16/h4-10,20H,3,11-12H2,1-2H3,(H,21,22). The number of nitrogens with one attached hydrogen (secondary N) is 2. The van der Waals surface area contributed by atoms with Gasteiger partial charge in [0.1, 0.15) is 5.82 Å². The van der Waals surface area contributed by atoms with E-state index in [1.165, 1.54) is 23.3 Å². The van der Waals surface area contributed by atoms with E-state index in [1.807, 2.05) is 6.07 Å². The highest BCUT2D eigenvalue weighted by molar-refractivity contribution is 5.90. The fourth-order valence-corrected chi connectivity index (χ4v) is 2.33. The van der Waals surface area contributed by atoms with Crippen LogP contribution >= 0.6 is 0 Å². The molecule has 0 atom stereocenters. The molecule has 0 fully saturated rings. The smallest absolute Gasteiger partial charge is 0.226 e. The van der Waals surface area contributed by atoms with Gasteiger partial charge in [-0.25, -0.2) is 4.39 Å². The Hall–Kier alpha value is -2.36. The number of amides is 1. The van der Waals surface area contributed by atoms with Crippen LogP contribution in [0.3, 0.4) is 0 Å². The second-order valence-electron chi connectivity index (χ2n) is 5.19. The summed E-state index contributed by atoms with van der Waals surface area (Å²) in [5.41, 5.74) is 4.15. The van der Waals surface area contributed by atoms with E-state index in [9.17, 15) is 9.18 Å². The van der Waals surface area contributed by atoms with Crippen molar-refractivity contribution in [2.24, 2.45) is 0 Å². The van der Waals surface area contributed by atoms with Gasteiger partial charge in [0.2, 0.25) is 5.91 Å². The highest BCUT2D eigenvalue weighted by atomic mass is 19.1. The molecule has 0 aromatic heterocycles. The Morgan fingerprint density at radius 2 is 1.86 bits per heavy atom. The van der Waals surface area contributed by atoms with Crippen molar-refractivity contribution >= 4 is 17.3 Å².